The lowest BCUT2D eigenvalue weighted by Gasteiger charge is -2.13. The van der Waals surface area contributed by atoms with Gasteiger partial charge in [-0.05, 0) is 43.0 Å². The summed E-state index contributed by atoms with van der Waals surface area (Å²) in [7, 11) is 0. The molecule has 3 rings (SSSR count). The van der Waals surface area contributed by atoms with E-state index in [0.717, 1.165) is 11.8 Å². The zero-order valence-corrected chi connectivity index (χ0v) is 17.8. The number of nitro benzene ring substituents is 1. The van der Waals surface area contributed by atoms with Gasteiger partial charge in [0.1, 0.15) is 5.82 Å². The highest BCUT2D eigenvalue weighted by molar-refractivity contribution is 8.18. The van der Waals surface area contributed by atoms with Gasteiger partial charge in [0.05, 0.1) is 28.5 Å². The van der Waals surface area contributed by atoms with Crippen molar-refractivity contribution in [3.63, 3.8) is 0 Å². The molecule has 0 aliphatic carbocycles. The fourth-order valence-corrected chi connectivity index (χ4v) is 3.80. The van der Waals surface area contributed by atoms with Gasteiger partial charge in [-0.3, -0.25) is 29.4 Å². The molecule has 1 aliphatic rings. The maximum Gasteiger partial charge on any atom is 0.322 e. The van der Waals surface area contributed by atoms with Crippen LogP contribution < -0.4 is 9.47 Å². The van der Waals surface area contributed by atoms with Crippen molar-refractivity contribution in [2.45, 2.75) is 20.4 Å². The quantitative estimate of drug-likeness (QED) is 0.197. The van der Waals surface area contributed by atoms with Gasteiger partial charge >= 0.3 is 11.7 Å². The van der Waals surface area contributed by atoms with Crippen LogP contribution in [-0.2, 0) is 16.1 Å². The Morgan fingerprint density at radius 1 is 1.25 bits per heavy atom. The summed E-state index contributed by atoms with van der Waals surface area (Å²) in [5.41, 5.74) is -0.386. The van der Waals surface area contributed by atoms with E-state index in [1.165, 1.54) is 36.4 Å². The van der Waals surface area contributed by atoms with Crippen LogP contribution in [0.3, 0.4) is 0 Å². The zero-order valence-electron chi connectivity index (χ0n) is 17.0. The van der Waals surface area contributed by atoms with Gasteiger partial charge in [-0.2, -0.15) is 0 Å². The molecule has 1 fully saturated rings. The Balaban J connectivity index is 2.00. The number of ether oxygens (including phenoxy) is 2. The van der Waals surface area contributed by atoms with Crippen LogP contribution in [0.1, 0.15) is 25.0 Å². The molecule has 2 aromatic carbocycles. The van der Waals surface area contributed by atoms with Crippen LogP contribution in [0.5, 0.6) is 11.5 Å². The summed E-state index contributed by atoms with van der Waals surface area (Å²) in [5, 5.41) is 11.1. The second-order valence-electron chi connectivity index (χ2n) is 6.47. The van der Waals surface area contributed by atoms with Gasteiger partial charge in [-0.15, -0.1) is 0 Å². The number of nitro groups is 1. The lowest BCUT2D eigenvalue weighted by molar-refractivity contribution is -0.386. The summed E-state index contributed by atoms with van der Waals surface area (Å²) in [5.74, 6) is -2.38. The van der Waals surface area contributed by atoms with Crippen LogP contribution in [0.4, 0.5) is 14.9 Å². The van der Waals surface area contributed by atoms with Crippen molar-refractivity contribution < 1.29 is 33.2 Å². The number of imide groups is 1. The predicted molar refractivity (Wildman–Crippen MR) is 113 cm³/mol. The molecule has 0 saturated carbocycles. The van der Waals surface area contributed by atoms with E-state index in [-0.39, 0.29) is 40.7 Å². The van der Waals surface area contributed by atoms with Gasteiger partial charge in [-0.1, -0.05) is 18.2 Å². The van der Waals surface area contributed by atoms with E-state index in [1.807, 2.05) is 0 Å². The standard InChI is InChI=1S/C21H17FN2O7S/c1-3-30-19-16(31-12(2)25)9-8-13(18(19)24(28)29)10-17-20(26)23(21(27)32-17)11-14-6-4-5-7-15(14)22/h4-10H,3,11H2,1-2H3/b17-10-. The van der Waals surface area contributed by atoms with E-state index in [1.54, 1.807) is 13.0 Å². The third-order valence-corrected chi connectivity index (χ3v) is 5.21. The average molecular weight is 460 g/mol. The summed E-state index contributed by atoms with van der Waals surface area (Å²) in [6.07, 6.45) is 1.18. The first-order valence-corrected chi connectivity index (χ1v) is 10.2. The Labute approximate surface area is 185 Å². The van der Waals surface area contributed by atoms with Crippen molar-refractivity contribution in [3.05, 3.63) is 68.4 Å². The Bertz CT molecular complexity index is 1150. The second kappa shape index (κ2) is 9.60. The van der Waals surface area contributed by atoms with Gasteiger partial charge in [0.25, 0.3) is 11.1 Å². The molecule has 1 aliphatic heterocycles. The summed E-state index contributed by atoms with van der Waals surface area (Å²) in [4.78, 5) is 48.3. The largest absolute Gasteiger partial charge is 0.485 e. The molecule has 0 bridgehead atoms. The summed E-state index contributed by atoms with van der Waals surface area (Å²) in [6.45, 7) is 2.52. The molecule has 0 radical (unpaired) electrons. The molecule has 1 heterocycles. The van der Waals surface area contributed by atoms with E-state index < -0.39 is 33.5 Å². The highest BCUT2D eigenvalue weighted by Gasteiger charge is 2.36. The van der Waals surface area contributed by atoms with Crippen molar-refractivity contribution in [2.75, 3.05) is 6.61 Å². The first-order valence-electron chi connectivity index (χ1n) is 9.34. The van der Waals surface area contributed by atoms with E-state index in [2.05, 4.69) is 0 Å². The number of halogens is 1. The van der Waals surface area contributed by atoms with Crippen molar-refractivity contribution in [1.29, 1.82) is 0 Å². The van der Waals surface area contributed by atoms with Crippen molar-refractivity contribution in [3.8, 4) is 11.5 Å². The van der Waals surface area contributed by atoms with E-state index in [0.29, 0.717) is 11.8 Å². The minimum atomic E-state index is -0.729. The number of carbonyl (C=O) groups is 3. The molecule has 9 nitrogen and oxygen atoms in total. The molecule has 0 aromatic heterocycles. The second-order valence-corrected chi connectivity index (χ2v) is 7.47. The molecule has 11 heteroatoms. The number of hydrogen-bond donors (Lipinski definition) is 0. The van der Waals surface area contributed by atoms with Crippen LogP contribution in [0, 0.1) is 15.9 Å². The van der Waals surface area contributed by atoms with E-state index >= 15 is 0 Å². The lowest BCUT2D eigenvalue weighted by Crippen LogP contribution is -2.27. The monoisotopic (exact) mass is 460 g/mol. The Morgan fingerprint density at radius 2 is 1.97 bits per heavy atom. The lowest BCUT2D eigenvalue weighted by atomic mass is 10.1. The van der Waals surface area contributed by atoms with Gasteiger partial charge in [0.15, 0.2) is 5.75 Å². The zero-order chi connectivity index (χ0) is 23.4. The molecule has 0 N–H and O–H groups in total. The van der Waals surface area contributed by atoms with E-state index in [4.69, 9.17) is 9.47 Å². The number of hydrogen-bond acceptors (Lipinski definition) is 8. The molecule has 0 atom stereocenters. The number of thioether (sulfide) groups is 1. The third kappa shape index (κ3) is 4.78. The topological polar surface area (TPSA) is 116 Å². The molecular formula is C21H17FN2O7S. The summed E-state index contributed by atoms with van der Waals surface area (Å²) >= 11 is 0.584. The SMILES string of the molecule is CCOc1c(OC(C)=O)ccc(/C=C2\SC(=O)N(Cc3ccccc3F)C2=O)c1[N+](=O)[O-]. The number of rotatable bonds is 7. The van der Waals surface area contributed by atoms with Crippen molar-refractivity contribution >= 4 is 40.6 Å². The summed E-state index contributed by atoms with van der Waals surface area (Å²) in [6, 6.07) is 8.32. The molecule has 166 valence electrons. The normalized spacial score (nSPS) is 14.7. The number of esters is 1. The van der Waals surface area contributed by atoms with Gasteiger partial charge in [0, 0.05) is 12.5 Å². The first-order chi connectivity index (χ1) is 15.2. The molecular weight excluding hydrogens is 443 g/mol. The number of carbonyl (C=O) groups excluding carboxylic acids is 3. The Hall–Kier alpha value is -3.73. The Kier molecular flexibility index (Phi) is 6.89. The molecule has 2 aromatic rings. The minimum Gasteiger partial charge on any atom is -0.485 e. The molecule has 0 unspecified atom stereocenters. The van der Waals surface area contributed by atoms with Crippen LogP contribution in [-0.4, -0.2) is 33.5 Å². The number of nitrogens with zero attached hydrogens (tertiary/aromatic N) is 2. The van der Waals surface area contributed by atoms with Crippen molar-refractivity contribution in [2.24, 2.45) is 0 Å². The maximum absolute atomic E-state index is 13.9. The fraction of sp³-hybridized carbons (Fsp3) is 0.190. The smallest absolute Gasteiger partial charge is 0.322 e. The molecule has 32 heavy (non-hydrogen) atoms. The highest BCUT2D eigenvalue weighted by atomic mass is 32.2. The highest BCUT2D eigenvalue weighted by Crippen LogP contribution is 2.42. The van der Waals surface area contributed by atoms with Crippen LogP contribution >= 0.6 is 11.8 Å². The number of amides is 2. The molecule has 1 saturated heterocycles. The predicted octanol–water partition coefficient (Wildman–Crippen LogP) is 4.29. The maximum atomic E-state index is 13.9. The van der Waals surface area contributed by atoms with Crippen LogP contribution in [0.2, 0.25) is 0 Å². The number of benzene rings is 2. The van der Waals surface area contributed by atoms with Gasteiger partial charge in [-0.25, -0.2) is 4.39 Å². The summed E-state index contributed by atoms with van der Waals surface area (Å²) < 4.78 is 24.3. The van der Waals surface area contributed by atoms with E-state index in [9.17, 15) is 28.9 Å². The fourth-order valence-electron chi connectivity index (χ4n) is 2.97. The Morgan fingerprint density at radius 3 is 2.59 bits per heavy atom. The van der Waals surface area contributed by atoms with Gasteiger partial charge in [0.2, 0.25) is 5.75 Å². The van der Waals surface area contributed by atoms with Crippen LogP contribution in [0.25, 0.3) is 6.08 Å². The molecule has 2 amide bonds. The average Bonchev–Trinajstić information content (AvgIpc) is 2.98. The minimum absolute atomic E-state index is 0.0225. The van der Waals surface area contributed by atoms with Crippen LogP contribution in [0.15, 0.2) is 41.3 Å². The molecule has 0 spiro atoms. The van der Waals surface area contributed by atoms with Crippen molar-refractivity contribution in [1.82, 2.24) is 4.90 Å². The van der Waals surface area contributed by atoms with Gasteiger partial charge < -0.3 is 9.47 Å². The first kappa shape index (κ1) is 22.9. The third-order valence-electron chi connectivity index (χ3n) is 4.30.